The maximum absolute atomic E-state index is 14.0. The number of likely N-dealkylation sites (tertiary alicyclic amines) is 1. The van der Waals surface area contributed by atoms with Crippen LogP contribution in [0.1, 0.15) is 77.0 Å². The summed E-state index contributed by atoms with van der Waals surface area (Å²) in [7, 11) is 0. The van der Waals surface area contributed by atoms with E-state index in [1.54, 1.807) is 0 Å². The first-order valence-corrected chi connectivity index (χ1v) is 15.1. The van der Waals surface area contributed by atoms with E-state index < -0.39 is 12.4 Å². The van der Waals surface area contributed by atoms with E-state index in [-0.39, 0.29) is 30.2 Å². The maximum atomic E-state index is 14.0. The summed E-state index contributed by atoms with van der Waals surface area (Å²) in [5.74, 6) is 0.822. The van der Waals surface area contributed by atoms with Gasteiger partial charge in [0.15, 0.2) is 0 Å². The highest BCUT2D eigenvalue weighted by Crippen LogP contribution is 2.45. The topological polar surface area (TPSA) is 52.6 Å². The largest absolute Gasteiger partial charge is 0.374 e. The van der Waals surface area contributed by atoms with Gasteiger partial charge in [-0.1, -0.05) is 63.6 Å². The zero-order chi connectivity index (χ0) is 28.9. The number of carbonyl (C=O) groups is 1. The Labute approximate surface area is 239 Å². The summed E-state index contributed by atoms with van der Waals surface area (Å²) in [6.07, 6.45) is 7.34. The summed E-state index contributed by atoms with van der Waals surface area (Å²) in [5.41, 5.74) is 10.6. The molecule has 2 aliphatic heterocycles. The number of allylic oxidation sites excluding steroid dienone is 6. The third-order valence-electron chi connectivity index (χ3n) is 10.1. The molecule has 5 rings (SSSR count). The van der Waals surface area contributed by atoms with Crippen LogP contribution in [0.2, 0.25) is 0 Å². The Kier molecular flexibility index (Phi) is 8.09. The number of aryl methyl sites for hydroxylation is 2. The first-order chi connectivity index (χ1) is 19.0. The molecule has 214 valence electrons. The molecular weight excluding hydrogens is 499 g/mol. The van der Waals surface area contributed by atoms with Crippen molar-refractivity contribution in [3.8, 4) is 0 Å². The standard InChI is InChI=1S/C35H45FN2O2/c1-8-24-11-10-19(3)27(14-24)29-17-30-31(34(39)37-32(30)15-25(29)9-2)16-28-21(5)20(4)22(6)33(23(28)7)35(40)38-13-12-26(36)18-38/h10-11,14-17,20-21,25-26,29,35,40H,8-9,12-13,18H2,1-7H3,(H,37,39)/b31-16-/t20?,21?,25?,26-,29?,35?/m0/s1. The molecule has 2 heterocycles. The van der Waals surface area contributed by atoms with Gasteiger partial charge in [-0.3, -0.25) is 9.69 Å². The number of hydrogen-bond acceptors (Lipinski definition) is 3. The normalized spacial score (nSPS) is 31.0. The highest BCUT2D eigenvalue weighted by molar-refractivity contribution is 6.05. The lowest BCUT2D eigenvalue weighted by Crippen LogP contribution is -2.38. The Hall–Kier alpha value is -2.76. The summed E-state index contributed by atoms with van der Waals surface area (Å²) in [6, 6.07) is 6.77. The minimum Gasteiger partial charge on any atom is -0.374 e. The molecule has 0 radical (unpaired) electrons. The second-order valence-corrected chi connectivity index (χ2v) is 12.3. The minimum absolute atomic E-state index is 0.0691. The number of hydrogen-bond donors (Lipinski definition) is 2. The number of aliphatic hydroxyl groups excluding tert-OH is 1. The van der Waals surface area contributed by atoms with E-state index in [2.05, 4.69) is 83.3 Å². The van der Waals surface area contributed by atoms with Gasteiger partial charge in [0.1, 0.15) is 12.4 Å². The van der Waals surface area contributed by atoms with Crippen LogP contribution in [-0.4, -0.2) is 41.4 Å². The lowest BCUT2D eigenvalue weighted by atomic mass is 9.72. The van der Waals surface area contributed by atoms with Crippen LogP contribution in [0, 0.1) is 24.7 Å². The highest BCUT2D eigenvalue weighted by Gasteiger charge is 2.38. The zero-order valence-corrected chi connectivity index (χ0v) is 25.1. The molecular formula is C35H45FN2O2. The van der Waals surface area contributed by atoms with Crippen molar-refractivity contribution in [2.24, 2.45) is 17.8 Å². The first kappa shape index (κ1) is 28.8. The van der Waals surface area contributed by atoms with Crippen molar-refractivity contribution in [2.75, 3.05) is 13.1 Å². The second kappa shape index (κ2) is 11.3. The van der Waals surface area contributed by atoms with Crippen LogP contribution in [0.3, 0.4) is 0 Å². The molecule has 0 spiro atoms. The van der Waals surface area contributed by atoms with Crippen molar-refractivity contribution >= 4 is 5.91 Å². The Morgan fingerprint density at radius 3 is 2.55 bits per heavy atom. The number of halogens is 1. The van der Waals surface area contributed by atoms with E-state index in [0.29, 0.717) is 24.5 Å². The molecule has 2 N–H and O–H groups in total. The Bertz CT molecular complexity index is 1360. The van der Waals surface area contributed by atoms with E-state index in [9.17, 15) is 14.3 Å². The van der Waals surface area contributed by atoms with Crippen LogP contribution >= 0.6 is 0 Å². The van der Waals surface area contributed by atoms with Crippen molar-refractivity contribution in [3.05, 3.63) is 92.3 Å². The molecule has 40 heavy (non-hydrogen) atoms. The first-order valence-electron chi connectivity index (χ1n) is 15.1. The fourth-order valence-corrected chi connectivity index (χ4v) is 7.18. The number of carbonyl (C=O) groups excluding carboxylic acids is 1. The van der Waals surface area contributed by atoms with Gasteiger partial charge in [0, 0.05) is 35.9 Å². The number of benzene rings is 1. The van der Waals surface area contributed by atoms with Crippen molar-refractivity contribution in [2.45, 2.75) is 86.0 Å². The number of alkyl halides is 1. The van der Waals surface area contributed by atoms with E-state index in [4.69, 9.17) is 0 Å². The number of aliphatic hydroxyl groups is 1. The molecule has 4 aliphatic rings. The number of fused-ring (bicyclic) bond motifs is 1. The van der Waals surface area contributed by atoms with Gasteiger partial charge in [0.2, 0.25) is 0 Å². The van der Waals surface area contributed by atoms with Crippen molar-refractivity contribution in [3.63, 3.8) is 0 Å². The zero-order valence-electron chi connectivity index (χ0n) is 25.1. The summed E-state index contributed by atoms with van der Waals surface area (Å²) >= 11 is 0. The van der Waals surface area contributed by atoms with E-state index in [0.717, 1.165) is 46.4 Å². The van der Waals surface area contributed by atoms with Crippen LogP contribution in [-0.2, 0) is 11.2 Å². The highest BCUT2D eigenvalue weighted by atomic mass is 19.1. The van der Waals surface area contributed by atoms with Gasteiger partial charge < -0.3 is 10.4 Å². The molecule has 4 nitrogen and oxygen atoms in total. The van der Waals surface area contributed by atoms with Crippen LogP contribution < -0.4 is 5.32 Å². The molecule has 2 saturated heterocycles. The fourth-order valence-electron chi connectivity index (χ4n) is 7.18. The van der Waals surface area contributed by atoms with Crippen LogP contribution in [0.15, 0.2) is 75.6 Å². The number of nitrogens with zero attached hydrogens (tertiary/aromatic N) is 1. The molecule has 5 heteroatoms. The quantitative estimate of drug-likeness (QED) is 0.386. The van der Waals surface area contributed by atoms with Gasteiger partial charge in [-0.05, 0) is 97.3 Å². The summed E-state index contributed by atoms with van der Waals surface area (Å²) in [4.78, 5) is 15.3. The fraction of sp³-hybridized carbons (Fsp3) is 0.514. The molecule has 1 aromatic rings. The summed E-state index contributed by atoms with van der Waals surface area (Å²) < 4.78 is 14.0. The Morgan fingerprint density at radius 1 is 1.15 bits per heavy atom. The Balaban J connectivity index is 1.59. The molecule has 6 atom stereocenters. The predicted octanol–water partition coefficient (Wildman–Crippen LogP) is 6.83. The van der Waals surface area contributed by atoms with Crippen LogP contribution in [0.5, 0.6) is 0 Å². The average Bonchev–Trinajstić information content (AvgIpc) is 3.51. The van der Waals surface area contributed by atoms with Gasteiger partial charge in [0.05, 0.1) is 0 Å². The van der Waals surface area contributed by atoms with Crippen molar-refractivity contribution < 1.29 is 14.3 Å². The maximum Gasteiger partial charge on any atom is 0.256 e. The summed E-state index contributed by atoms with van der Waals surface area (Å²) in [6.45, 7) is 15.9. The van der Waals surface area contributed by atoms with Gasteiger partial charge in [-0.15, -0.1) is 0 Å². The average molecular weight is 545 g/mol. The van der Waals surface area contributed by atoms with Gasteiger partial charge in [-0.2, -0.15) is 0 Å². The van der Waals surface area contributed by atoms with Crippen molar-refractivity contribution in [1.29, 1.82) is 0 Å². The molecule has 0 bridgehead atoms. The monoisotopic (exact) mass is 544 g/mol. The molecule has 1 aromatic carbocycles. The van der Waals surface area contributed by atoms with Gasteiger partial charge >= 0.3 is 0 Å². The number of amides is 1. The van der Waals surface area contributed by atoms with Crippen molar-refractivity contribution in [1.82, 2.24) is 10.2 Å². The molecule has 2 aliphatic carbocycles. The SMILES string of the molecule is CCc1ccc(C)c(C2C=C3C(=CC2CC)NC(=O)/C3=C\C2=C(C)C(C(O)N3CC[C@H](F)C3)=C(C)C(C)C2C)c1. The molecule has 5 unspecified atom stereocenters. The van der Waals surface area contributed by atoms with Gasteiger partial charge in [0.25, 0.3) is 5.91 Å². The molecule has 0 aromatic heterocycles. The van der Waals surface area contributed by atoms with E-state index in [1.165, 1.54) is 16.7 Å². The third kappa shape index (κ3) is 4.96. The molecule has 1 amide bonds. The number of nitrogens with one attached hydrogen (secondary N) is 1. The van der Waals surface area contributed by atoms with E-state index >= 15 is 0 Å². The smallest absolute Gasteiger partial charge is 0.256 e. The lowest BCUT2D eigenvalue weighted by molar-refractivity contribution is -0.115. The predicted molar refractivity (Wildman–Crippen MR) is 160 cm³/mol. The molecule has 0 saturated carbocycles. The third-order valence-corrected chi connectivity index (χ3v) is 10.1. The lowest BCUT2D eigenvalue weighted by Gasteiger charge is -2.37. The van der Waals surface area contributed by atoms with E-state index in [1.807, 2.05) is 11.8 Å². The summed E-state index contributed by atoms with van der Waals surface area (Å²) in [5, 5.41) is 14.5. The van der Waals surface area contributed by atoms with Crippen LogP contribution in [0.25, 0.3) is 0 Å². The number of rotatable bonds is 6. The molecule has 2 fully saturated rings. The minimum atomic E-state index is -0.895. The Morgan fingerprint density at radius 2 is 1.90 bits per heavy atom. The van der Waals surface area contributed by atoms with Crippen LogP contribution in [0.4, 0.5) is 4.39 Å². The second-order valence-electron chi connectivity index (χ2n) is 12.3. The van der Waals surface area contributed by atoms with Gasteiger partial charge in [-0.25, -0.2) is 4.39 Å².